The van der Waals surface area contributed by atoms with Crippen molar-refractivity contribution in [2.75, 3.05) is 20.1 Å². The van der Waals surface area contributed by atoms with Crippen LogP contribution in [0, 0.1) is 12.8 Å². The number of aromatic nitrogens is 2. The van der Waals surface area contributed by atoms with E-state index in [-0.39, 0.29) is 5.92 Å². The predicted molar refractivity (Wildman–Crippen MR) is 92.9 cm³/mol. The van der Waals surface area contributed by atoms with Crippen molar-refractivity contribution in [1.29, 1.82) is 0 Å². The molecule has 5 heteroatoms. The zero-order chi connectivity index (χ0) is 16.7. The fraction of sp³-hybridized carbons (Fsp3) is 0.474. The van der Waals surface area contributed by atoms with Crippen LogP contribution in [0.3, 0.4) is 0 Å². The van der Waals surface area contributed by atoms with Gasteiger partial charge in [-0.1, -0.05) is 18.2 Å². The quantitative estimate of drug-likeness (QED) is 0.869. The molecule has 1 aromatic heterocycles. The van der Waals surface area contributed by atoms with E-state index < -0.39 is 0 Å². The third kappa shape index (κ3) is 2.73. The first kappa shape index (κ1) is 15.4. The average molecular weight is 324 g/mol. The van der Waals surface area contributed by atoms with E-state index in [1.54, 1.807) is 0 Å². The van der Waals surface area contributed by atoms with Crippen LogP contribution in [0.15, 0.2) is 36.7 Å². The molecule has 5 rings (SSSR count). The summed E-state index contributed by atoms with van der Waals surface area (Å²) < 4.78 is 1.95. The number of rotatable bonds is 3. The van der Waals surface area contributed by atoms with Gasteiger partial charge in [-0.05, 0) is 31.4 Å². The Morgan fingerprint density at radius 1 is 1.21 bits per heavy atom. The summed E-state index contributed by atoms with van der Waals surface area (Å²) >= 11 is 0. The van der Waals surface area contributed by atoms with Gasteiger partial charge in [0.05, 0.1) is 17.8 Å². The van der Waals surface area contributed by atoms with Gasteiger partial charge in [-0.15, -0.1) is 0 Å². The number of para-hydroxylation sites is 1. The smallest absolute Gasteiger partial charge is 0.227 e. The lowest BCUT2D eigenvalue weighted by Gasteiger charge is -2.32. The number of nitrogens with zero attached hydrogens (tertiary/aromatic N) is 4. The molecule has 1 aromatic carbocycles. The molecule has 2 bridgehead atoms. The monoisotopic (exact) mass is 324 g/mol. The number of benzene rings is 1. The maximum absolute atomic E-state index is 12.3. The molecule has 3 aliphatic rings. The van der Waals surface area contributed by atoms with Crippen LogP contribution < -0.4 is 0 Å². The van der Waals surface area contributed by atoms with Crippen molar-refractivity contribution in [1.82, 2.24) is 19.6 Å². The number of carbonyl (C=O) groups is 1. The Balaban J connectivity index is 1.51. The summed E-state index contributed by atoms with van der Waals surface area (Å²) in [5.41, 5.74) is 3.54. The van der Waals surface area contributed by atoms with Gasteiger partial charge in [0.15, 0.2) is 0 Å². The zero-order valence-corrected chi connectivity index (χ0v) is 14.4. The molecule has 3 fully saturated rings. The fourth-order valence-electron chi connectivity index (χ4n) is 4.03. The van der Waals surface area contributed by atoms with Gasteiger partial charge in [0.1, 0.15) is 0 Å². The van der Waals surface area contributed by atoms with E-state index in [0.717, 1.165) is 38.2 Å². The Labute approximate surface area is 142 Å². The van der Waals surface area contributed by atoms with E-state index in [0.29, 0.717) is 11.9 Å². The number of carbonyl (C=O) groups excluding carboxylic acids is 1. The molecule has 0 N–H and O–H groups in total. The first-order chi connectivity index (χ1) is 11.6. The molecule has 1 amide bonds. The lowest BCUT2D eigenvalue weighted by Crippen LogP contribution is -2.45. The van der Waals surface area contributed by atoms with Crippen LogP contribution in [0.5, 0.6) is 0 Å². The van der Waals surface area contributed by atoms with Crippen molar-refractivity contribution in [3.63, 3.8) is 0 Å². The molecule has 0 radical (unpaired) electrons. The summed E-state index contributed by atoms with van der Waals surface area (Å²) in [6.45, 7) is 4.80. The van der Waals surface area contributed by atoms with Gasteiger partial charge >= 0.3 is 0 Å². The molecule has 2 atom stereocenters. The molecule has 0 aliphatic carbocycles. The summed E-state index contributed by atoms with van der Waals surface area (Å²) in [5, 5.41) is 4.53. The summed E-state index contributed by atoms with van der Waals surface area (Å²) in [6.07, 6.45) is 6.23. The maximum atomic E-state index is 12.3. The van der Waals surface area contributed by atoms with E-state index in [4.69, 9.17) is 0 Å². The van der Waals surface area contributed by atoms with Gasteiger partial charge in [0, 0.05) is 44.5 Å². The third-order valence-corrected chi connectivity index (χ3v) is 5.44. The van der Waals surface area contributed by atoms with Crippen LogP contribution in [0.4, 0.5) is 0 Å². The van der Waals surface area contributed by atoms with Crippen molar-refractivity contribution in [3.8, 4) is 5.69 Å². The second kappa shape index (κ2) is 6.06. The number of hydrogen-bond acceptors (Lipinski definition) is 3. The van der Waals surface area contributed by atoms with Crippen molar-refractivity contribution in [2.45, 2.75) is 32.4 Å². The van der Waals surface area contributed by atoms with Gasteiger partial charge < -0.3 is 4.90 Å². The third-order valence-electron chi connectivity index (χ3n) is 5.44. The molecule has 5 nitrogen and oxygen atoms in total. The van der Waals surface area contributed by atoms with Gasteiger partial charge in [0.2, 0.25) is 5.91 Å². The number of amides is 1. The molecule has 0 spiro atoms. The Morgan fingerprint density at radius 3 is 2.88 bits per heavy atom. The first-order valence-electron chi connectivity index (χ1n) is 8.70. The second-order valence-corrected chi connectivity index (χ2v) is 7.15. The Morgan fingerprint density at radius 2 is 2.04 bits per heavy atom. The number of aryl methyl sites for hydroxylation is 1. The number of likely N-dealkylation sites (N-methyl/N-ethyl adjacent to an activating group) is 1. The Hall–Kier alpha value is -2.14. The lowest BCUT2D eigenvalue weighted by molar-refractivity contribution is -0.138. The van der Waals surface area contributed by atoms with E-state index in [2.05, 4.69) is 35.3 Å². The fourth-order valence-corrected chi connectivity index (χ4v) is 4.03. The van der Waals surface area contributed by atoms with Crippen molar-refractivity contribution < 1.29 is 4.79 Å². The minimum absolute atomic E-state index is 0.167. The number of hydrogen-bond donors (Lipinski definition) is 0. The molecule has 126 valence electrons. The standard InChI is InChI=1S/C19H24N4O/c1-14-5-3-4-6-18(14)23-11-15(9-20-23)10-22-12-16-7-8-17(13-22)21(2)19(16)24/h3-6,9,11,16-17H,7-8,10,12-13H2,1-2H3/t16-,17+/m0/s1. The highest BCUT2D eigenvalue weighted by molar-refractivity contribution is 5.80. The largest absolute Gasteiger partial charge is 0.341 e. The van der Waals surface area contributed by atoms with E-state index in [1.165, 1.54) is 11.1 Å². The normalized spacial score (nSPS) is 24.4. The van der Waals surface area contributed by atoms with Gasteiger partial charge in [-0.3, -0.25) is 9.69 Å². The molecule has 2 aromatic rings. The van der Waals surface area contributed by atoms with Crippen LogP contribution in [0.2, 0.25) is 0 Å². The number of piperidine rings is 1. The summed E-state index contributed by atoms with van der Waals surface area (Å²) in [7, 11) is 1.96. The van der Waals surface area contributed by atoms with Crippen LogP contribution in [-0.2, 0) is 11.3 Å². The van der Waals surface area contributed by atoms with Crippen LogP contribution in [0.25, 0.3) is 5.69 Å². The molecule has 4 heterocycles. The highest BCUT2D eigenvalue weighted by Crippen LogP contribution is 2.28. The molecule has 0 saturated carbocycles. The highest BCUT2D eigenvalue weighted by atomic mass is 16.2. The summed E-state index contributed by atoms with van der Waals surface area (Å²) in [5.74, 6) is 0.490. The van der Waals surface area contributed by atoms with Crippen molar-refractivity contribution in [3.05, 3.63) is 47.8 Å². The Kier molecular flexibility index (Phi) is 3.88. The summed E-state index contributed by atoms with van der Waals surface area (Å²) in [6, 6.07) is 8.64. The highest BCUT2D eigenvalue weighted by Gasteiger charge is 2.38. The van der Waals surface area contributed by atoms with Crippen molar-refractivity contribution >= 4 is 5.91 Å². The first-order valence-corrected chi connectivity index (χ1v) is 8.70. The predicted octanol–water partition coefficient (Wildman–Crippen LogP) is 2.23. The lowest BCUT2D eigenvalue weighted by atomic mass is 9.95. The molecule has 3 aliphatic heterocycles. The van der Waals surface area contributed by atoms with Gasteiger partial charge in [-0.25, -0.2) is 4.68 Å². The van der Waals surface area contributed by atoms with E-state index >= 15 is 0 Å². The minimum Gasteiger partial charge on any atom is -0.341 e. The van der Waals surface area contributed by atoms with Crippen LogP contribution in [-0.4, -0.2) is 51.7 Å². The SMILES string of the molecule is Cc1ccccc1-n1cc(CN2C[C@@H]3CC[C@H](C2)N(C)C3=O)cn1. The minimum atomic E-state index is 0.167. The maximum Gasteiger partial charge on any atom is 0.227 e. The van der Waals surface area contributed by atoms with Gasteiger partial charge in [-0.2, -0.15) is 5.10 Å². The Bertz CT molecular complexity index is 753. The summed E-state index contributed by atoms with van der Waals surface area (Å²) in [4.78, 5) is 16.7. The molecule has 24 heavy (non-hydrogen) atoms. The van der Waals surface area contributed by atoms with Crippen LogP contribution >= 0.6 is 0 Å². The number of fused-ring (bicyclic) bond motifs is 4. The molecule has 0 unspecified atom stereocenters. The van der Waals surface area contributed by atoms with Crippen LogP contribution in [0.1, 0.15) is 24.0 Å². The second-order valence-electron chi connectivity index (χ2n) is 7.15. The van der Waals surface area contributed by atoms with E-state index in [9.17, 15) is 4.79 Å². The topological polar surface area (TPSA) is 41.4 Å². The van der Waals surface area contributed by atoms with Gasteiger partial charge in [0.25, 0.3) is 0 Å². The molecule has 3 saturated heterocycles. The van der Waals surface area contributed by atoms with Crippen molar-refractivity contribution in [2.24, 2.45) is 5.92 Å². The zero-order valence-electron chi connectivity index (χ0n) is 14.4. The van der Waals surface area contributed by atoms with E-state index in [1.807, 2.05) is 35.0 Å². The average Bonchev–Trinajstić information content (AvgIpc) is 2.88. The molecular weight excluding hydrogens is 300 g/mol. The molecular formula is C19H24N4O.